The van der Waals surface area contributed by atoms with Crippen LogP contribution in [0.1, 0.15) is 17.2 Å². The molecule has 0 aliphatic rings. The second-order valence-electron chi connectivity index (χ2n) is 4.59. The molecule has 0 amide bonds. The van der Waals surface area contributed by atoms with Gasteiger partial charge in [-0.1, -0.05) is 35.9 Å². The molecule has 0 aliphatic heterocycles. The predicted octanol–water partition coefficient (Wildman–Crippen LogP) is 4.74. The third-order valence-electron chi connectivity index (χ3n) is 3.17. The summed E-state index contributed by atoms with van der Waals surface area (Å²) < 4.78 is 5.67. The molecule has 0 radical (unpaired) electrons. The number of carbonyl (C=O) groups excluding carboxylic acids is 1. The van der Waals surface area contributed by atoms with Crippen molar-refractivity contribution in [2.24, 2.45) is 0 Å². The summed E-state index contributed by atoms with van der Waals surface area (Å²) >= 11 is 9.36. The summed E-state index contributed by atoms with van der Waals surface area (Å²) in [6.07, 6.45) is 0. The van der Waals surface area contributed by atoms with Gasteiger partial charge in [0.15, 0.2) is 6.04 Å². The molecule has 0 bridgehead atoms. The molecular weight excluding hydrogens is 354 g/mol. The SMILES string of the molecule is COC(=O)C(Nc1ccc(Cl)c(Br)c1)c1ccccc1C. The Morgan fingerprint density at radius 2 is 2.00 bits per heavy atom. The number of ether oxygens (including phenoxy) is 1. The molecule has 1 N–H and O–H groups in total. The minimum atomic E-state index is -0.565. The third-order valence-corrected chi connectivity index (χ3v) is 4.38. The van der Waals surface area contributed by atoms with Crippen molar-refractivity contribution in [3.05, 3.63) is 63.1 Å². The van der Waals surface area contributed by atoms with Gasteiger partial charge < -0.3 is 10.1 Å². The van der Waals surface area contributed by atoms with Crippen molar-refractivity contribution in [1.82, 2.24) is 0 Å². The maximum atomic E-state index is 12.1. The fraction of sp³-hybridized carbons (Fsp3) is 0.188. The van der Waals surface area contributed by atoms with Crippen molar-refractivity contribution in [1.29, 1.82) is 0 Å². The topological polar surface area (TPSA) is 38.3 Å². The first-order chi connectivity index (χ1) is 10.0. The molecule has 2 aromatic rings. The fourth-order valence-corrected chi connectivity index (χ4v) is 2.54. The van der Waals surface area contributed by atoms with Crippen molar-refractivity contribution in [3.8, 4) is 0 Å². The molecule has 21 heavy (non-hydrogen) atoms. The Morgan fingerprint density at radius 3 is 2.62 bits per heavy atom. The largest absolute Gasteiger partial charge is 0.467 e. The number of halogens is 2. The van der Waals surface area contributed by atoms with Crippen molar-refractivity contribution in [2.75, 3.05) is 12.4 Å². The van der Waals surface area contributed by atoms with Crippen LogP contribution in [0.25, 0.3) is 0 Å². The Bertz CT molecular complexity index is 660. The summed E-state index contributed by atoms with van der Waals surface area (Å²) in [7, 11) is 1.38. The molecule has 110 valence electrons. The van der Waals surface area contributed by atoms with E-state index >= 15 is 0 Å². The number of benzene rings is 2. The summed E-state index contributed by atoms with van der Waals surface area (Å²) in [5.74, 6) is -0.338. The van der Waals surface area contributed by atoms with Crippen LogP contribution < -0.4 is 5.32 Å². The van der Waals surface area contributed by atoms with Gasteiger partial charge in [-0.15, -0.1) is 0 Å². The normalized spacial score (nSPS) is 11.8. The first-order valence-electron chi connectivity index (χ1n) is 6.38. The molecule has 1 unspecified atom stereocenters. The molecule has 0 heterocycles. The summed E-state index contributed by atoms with van der Waals surface area (Å²) in [6, 6.07) is 12.6. The van der Waals surface area contributed by atoms with E-state index in [1.54, 1.807) is 6.07 Å². The van der Waals surface area contributed by atoms with Crippen molar-refractivity contribution >= 4 is 39.2 Å². The number of anilines is 1. The zero-order chi connectivity index (χ0) is 15.4. The van der Waals surface area contributed by atoms with Crippen LogP contribution in [0.4, 0.5) is 5.69 Å². The van der Waals surface area contributed by atoms with E-state index in [9.17, 15) is 4.79 Å². The van der Waals surface area contributed by atoms with Gasteiger partial charge in [0, 0.05) is 10.2 Å². The van der Waals surface area contributed by atoms with Crippen LogP contribution in [-0.4, -0.2) is 13.1 Å². The standard InChI is InChI=1S/C16H15BrClNO2/c1-10-5-3-4-6-12(10)15(16(20)21-2)19-11-7-8-14(18)13(17)9-11/h3-9,15,19H,1-2H3. The van der Waals surface area contributed by atoms with E-state index in [1.165, 1.54) is 7.11 Å². The molecule has 0 aliphatic carbocycles. The second kappa shape index (κ2) is 6.96. The monoisotopic (exact) mass is 367 g/mol. The maximum absolute atomic E-state index is 12.1. The van der Waals surface area contributed by atoms with Crippen LogP contribution in [0.2, 0.25) is 5.02 Å². The van der Waals surface area contributed by atoms with E-state index in [0.29, 0.717) is 5.02 Å². The van der Waals surface area contributed by atoms with Gasteiger partial charge in [0.25, 0.3) is 0 Å². The molecule has 0 saturated carbocycles. The highest BCUT2D eigenvalue weighted by Gasteiger charge is 2.22. The van der Waals surface area contributed by atoms with Crippen LogP contribution in [-0.2, 0) is 9.53 Å². The Morgan fingerprint density at radius 1 is 1.29 bits per heavy atom. The maximum Gasteiger partial charge on any atom is 0.332 e. The number of carbonyl (C=O) groups is 1. The number of rotatable bonds is 4. The van der Waals surface area contributed by atoms with Crippen LogP contribution in [0.5, 0.6) is 0 Å². The Balaban J connectivity index is 2.35. The predicted molar refractivity (Wildman–Crippen MR) is 88.7 cm³/mol. The number of esters is 1. The lowest BCUT2D eigenvalue weighted by molar-refractivity contribution is -0.141. The Kier molecular flexibility index (Phi) is 5.26. The summed E-state index contributed by atoms with van der Waals surface area (Å²) in [5, 5.41) is 3.81. The van der Waals surface area contributed by atoms with E-state index in [1.807, 2.05) is 43.3 Å². The lowest BCUT2D eigenvalue weighted by atomic mass is 10.0. The molecule has 1 atom stereocenters. The number of methoxy groups -OCH3 is 1. The average Bonchev–Trinajstić information content (AvgIpc) is 2.48. The number of aryl methyl sites for hydroxylation is 1. The first kappa shape index (κ1) is 15.9. The van der Waals surface area contributed by atoms with Crippen molar-refractivity contribution in [2.45, 2.75) is 13.0 Å². The zero-order valence-electron chi connectivity index (χ0n) is 11.7. The van der Waals surface area contributed by atoms with Gasteiger partial charge in [-0.25, -0.2) is 4.79 Å². The molecule has 0 spiro atoms. The lowest BCUT2D eigenvalue weighted by Gasteiger charge is -2.20. The van der Waals surface area contributed by atoms with Crippen LogP contribution in [0.15, 0.2) is 46.9 Å². The van der Waals surface area contributed by atoms with Gasteiger partial charge in [-0.2, -0.15) is 0 Å². The second-order valence-corrected chi connectivity index (χ2v) is 5.85. The zero-order valence-corrected chi connectivity index (χ0v) is 14.0. The highest BCUT2D eigenvalue weighted by molar-refractivity contribution is 9.10. The summed E-state index contributed by atoms with van der Waals surface area (Å²) in [6.45, 7) is 1.96. The molecule has 5 heteroatoms. The van der Waals surface area contributed by atoms with Gasteiger partial charge in [-0.05, 0) is 52.2 Å². The first-order valence-corrected chi connectivity index (χ1v) is 7.55. The van der Waals surface area contributed by atoms with Crippen LogP contribution in [0, 0.1) is 6.92 Å². The van der Waals surface area contributed by atoms with Gasteiger partial charge in [0.1, 0.15) is 0 Å². The highest BCUT2D eigenvalue weighted by Crippen LogP contribution is 2.29. The quantitative estimate of drug-likeness (QED) is 0.792. The van der Waals surface area contributed by atoms with Gasteiger partial charge in [0.2, 0.25) is 0 Å². The molecule has 2 rings (SSSR count). The van der Waals surface area contributed by atoms with Gasteiger partial charge in [0.05, 0.1) is 12.1 Å². The van der Waals surface area contributed by atoms with Crippen LogP contribution >= 0.6 is 27.5 Å². The summed E-state index contributed by atoms with van der Waals surface area (Å²) in [5.41, 5.74) is 2.69. The van der Waals surface area contributed by atoms with E-state index in [-0.39, 0.29) is 5.97 Å². The van der Waals surface area contributed by atoms with E-state index in [4.69, 9.17) is 16.3 Å². The summed E-state index contributed by atoms with van der Waals surface area (Å²) in [4.78, 5) is 12.1. The number of nitrogens with one attached hydrogen (secondary N) is 1. The Labute approximate surface area is 137 Å². The number of hydrogen-bond donors (Lipinski definition) is 1. The molecular formula is C16H15BrClNO2. The van der Waals surface area contributed by atoms with E-state index < -0.39 is 6.04 Å². The van der Waals surface area contributed by atoms with E-state index in [2.05, 4.69) is 21.2 Å². The number of hydrogen-bond acceptors (Lipinski definition) is 3. The lowest BCUT2D eigenvalue weighted by Crippen LogP contribution is -2.23. The van der Waals surface area contributed by atoms with Gasteiger partial charge >= 0.3 is 5.97 Å². The highest BCUT2D eigenvalue weighted by atomic mass is 79.9. The fourth-order valence-electron chi connectivity index (χ4n) is 2.04. The molecule has 0 fully saturated rings. The minimum absolute atomic E-state index is 0.338. The smallest absolute Gasteiger partial charge is 0.332 e. The molecule has 0 saturated heterocycles. The van der Waals surface area contributed by atoms with Crippen molar-refractivity contribution < 1.29 is 9.53 Å². The minimum Gasteiger partial charge on any atom is -0.467 e. The third kappa shape index (κ3) is 3.77. The molecule has 0 aromatic heterocycles. The molecule has 2 aromatic carbocycles. The Hall–Kier alpha value is -1.52. The average molecular weight is 369 g/mol. The molecule has 3 nitrogen and oxygen atoms in total. The van der Waals surface area contributed by atoms with Crippen LogP contribution in [0.3, 0.4) is 0 Å². The van der Waals surface area contributed by atoms with Gasteiger partial charge in [-0.3, -0.25) is 0 Å². The van der Waals surface area contributed by atoms with Crippen molar-refractivity contribution in [3.63, 3.8) is 0 Å². The van der Waals surface area contributed by atoms with E-state index in [0.717, 1.165) is 21.3 Å².